The molecule has 2 rings (SSSR count). The molecule has 1 N–H and O–H groups in total. The molecular formula is C18H27NOS. The zero-order chi connectivity index (χ0) is 15.9. The second-order valence-corrected chi connectivity index (χ2v) is 9.57. The first-order chi connectivity index (χ1) is 9.64. The van der Waals surface area contributed by atoms with Crippen molar-refractivity contribution in [3.05, 3.63) is 48.0 Å². The predicted octanol–water partition coefficient (Wildman–Crippen LogP) is 4.09. The molecule has 0 aromatic heterocycles. The second-order valence-electron chi connectivity index (χ2n) is 7.60. The minimum absolute atomic E-state index is 0.00815. The number of benzene rings is 1. The second kappa shape index (κ2) is 5.45. The topological polar surface area (TPSA) is 35.1 Å². The van der Waals surface area contributed by atoms with Crippen LogP contribution < -0.4 is 4.72 Å². The van der Waals surface area contributed by atoms with Crippen LogP contribution in [0.25, 0.3) is 0 Å². The van der Waals surface area contributed by atoms with Gasteiger partial charge in [0.05, 0.1) is 5.54 Å². The van der Waals surface area contributed by atoms with Crippen molar-refractivity contribution < 1.29 is 4.55 Å². The Labute approximate surface area is 132 Å². The van der Waals surface area contributed by atoms with Crippen LogP contribution in [-0.2, 0) is 23.3 Å². The van der Waals surface area contributed by atoms with Crippen molar-refractivity contribution in [3.63, 3.8) is 0 Å². The maximum absolute atomic E-state index is 12.8. The summed E-state index contributed by atoms with van der Waals surface area (Å²) in [7, 11) is 0. The summed E-state index contributed by atoms with van der Waals surface area (Å²) >= 11 is -1.12. The van der Waals surface area contributed by atoms with Crippen LogP contribution in [0.4, 0.5) is 0 Å². The lowest BCUT2D eigenvalue weighted by atomic mass is 9.71. The number of fused-ring (bicyclic) bond motifs is 1. The quantitative estimate of drug-likeness (QED) is 0.671. The summed E-state index contributed by atoms with van der Waals surface area (Å²) in [5.74, 6) is 0. The van der Waals surface area contributed by atoms with Crippen LogP contribution in [0.2, 0.25) is 0 Å². The van der Waals surface area contributed by atoms with E-state index >= 15 is 0 Å². The summed E-state index contributed by atoms with van der Waals surface area (Å²) in [4.78, 5) is 0. The third-order valence-electron chi connectivity index (χ3n) is 4.54. The molecule has 0 spiro atoms. The minimum Gasteiger partial charge on any atom is -0.598 e. The summed E-state index contributed by atoms with van der Waals surface area (Å²) < 4.78 is 16.0. The number of hydrogen-bond donors (Lipinski definition) is 1. The zero-order valence-electron chi connectivity index (χ0n) is 13.8. The van der Waals surface area contributed by atoms with E-state index < -0.39 is 11.4 Å². The summed E-state index contributed by atoms with van der Waals surface area (Å²) in [6.07, 6.45) is 3.71. The van der Waals surface area contributed by atoms with Crippen molar-refractivity contribution >= 4 is 11.4 Å². The number of nitrogens with one attached hydrogen (secondary N) is 1. The van der Waals surface area contributed by atoms with Gasteiger partial charge in [0.15, 0.2) is 0 Å². The highest BCUT2D eigenvalue weighted by Gasteiger charge is 2.55. The first kappa shape index (κ1) is 16.6. The van der Waals surface area contributed by atoms with E-state index in [4.69, 9.17) is 0 Å². The van der Waals surface area contributed by atoms with Crippen molar-refractivity contribution in [2.45, 2.75) is 57.7 Å². The van der Waals surface area contributed by atoms with Crippen LogP contribution in [-0.4, -0.2) is 9.30 Å². The monoisotopic (exact) mass is 305 g/mol. The van der Waals surface area contributed by atoms with Gasteiger partial charge >= 0.3 is 0 Å². The third kappa shape index (κ3) is 2.79. The summed E-state index contributed by atoms with van der Waals surface area (Å²) in [5.41, 5.74) is 2.30. The highest BCUT2D eigenvalue weighted by Crippen LogP contribution is 2.52. The van der Waals surface area contributed by atoms with E-state index in [1.54, 1.807) is 0 Å². The highest BCUT2D eigenvalue weighted by molar-refractivity contribution is 7.90. The molecule has 0 heterocycles. The first-order valence-corrected chi connectivity index (χ1v) is 8.68. The molecule has 1 aliphatic rings. The predicted molar refractivity (Wildman–Crippen MR) is 91.5 cm³/mol. The summed E-state index contributed by atoms with van der Waals surface area (Å²) in [6.45, 7) is 14.5. The van der Waals surface area contributed by atoms with E-state index in [-0.39, 0.29) is 15.7 Å². The lowest BCUT2D eigenvalue weighted by Crippen LogP contribution is -2.56. The van der Waals surface area contributed by atoms with E-state index in [0.29, 0.717) is 0 Å². The Bertz CT molecular complexity index is 532. The molecule has 1 aliphatic carbocycles. The van der Waals surface area contributed by atoms with Crippen LogP contribution in [0.5, 0.6) is 0 Å². The summed E-state index contributed by atoms with van der Waals surface area (Å²) in [5, 5.41) is 0. The molecule has 21 heavy (non-hydrogen) atoms. The Hall–Kier alpha value is -0.770. The van der Waals surface area contributed by atoms with E-state index in [1.807, 2.05) is 26.8 Å². The Morgan fingerprint density at radius 2 is 1.95 bits per heavy atom. The lowest BCUT2D eigenvalue weighted by Gasteiger charge is -2.43. The molecule has 3 heteroatoms. The van der Waals surface area contributed by atoms with Crippen LogP contribution >= 0.6 is 0 Å². The highest BCUT2D eigenvalue weighted by atomic mass is 32.2. The Morgan fingerprint density at radius 3 is 2.52 bits per heavy atom. The third-order valence-corrected chi connectivity index (χ3v) is 6.18. The van der Waals surface area contributed by atoms with Crippen LogP contribution in [0.3, 0.4) is 0 Å². The van der Waals surface area contributed by atoms with Crippen LogP contribution in [0, 0.1) is 5.41 Å². The van der Waals surface area contributed by atoms with Crippen molar-refractivity contribution in [2.24, 2.45) is 5.41 Å². The fraction of sp³-hybridized carbons (Fsp3) is 0.556. The molecule has 2 atom stereocenters. The maximum Gasteiger partial charge on any atom is 0.136 e. The van der Waals surface area contributed by atoms with Gasteiger partial charge in [0.1, 0.15) is 4.75 Å². The van der Waals surface area contributed by atoms with Gasteiger partial charge in [-0.2, -0.15) is 0 Å². The molecule has 0 fully saturated rings. The maximum atomic E-state index is 12.8. The normalized spacial score (nSPS) is 25.4. The fourth-order valence-corrected chi connectivity index (χ4v) is 4.32. The van der Waals surface area contributed by atoms with Gasteiger partial charge in [-0.05, 0) is 50.2 Å². The van der Waals surface area contributed by atoms with E-state index in [2.05, 4.69) is 49.4 Å². The standard InChI is InChI=1S/C18H27NOS/c1-7-12-18(19-21(20)16(2,3)4)15-11-9-8-10-14(15)13-17(18,5)6/h7-11,19H,1,12-13H2,2-6H3. The SMILES string of the molecule is C=CCC1(N[S+]([O-])C(C)(C)C)c2ccccc2CC1(C)C. The van der Waals surface area contributed by atoms with Crippen molar-refractivity contribution in [3.8, 4) is 0 Å². The van der Waals surface area contributed by atoms with E-state index in [9.17, 15) is 4.55 Å². The number of rotatable bonds is 4. The molecule has 0 radical (unpaired) electrons. The van der Waals surface area contributed by atoms with Crippen molar-refractivity contribution in [1.29, 1.82) is 0 Å². The van der Waals surface area contributed by atoms with Crippen molar-refractivity contribution in [2.75, 3.05) is 0 Å². The van der Waals surface area contributed by atoms with Gasteiger partial charge in [-0.3, -0.25) is 0 Å². The molecule has 0 saturated heterocycles. The molecule has 0 saturated carbocycles. The minimum atomic E-state index is -1.12. The fourth-order valence-electron chi connectivity index (χ4n) is 3.23. The van der Waals surface area contributed by atoms with Crippen LogP contribution in [0.1, 0.15) is 52.2 Å². The molecule has 0 aliphatic heterocycles. The summed E-state index contributed by atoms with van der Waals surface area (Å²) in [6, 6.07) is 8.50. The van der Waals surface area contributed by atoms with Gasteiger partial charge in [-0.15, -0.1) is 11.3 Å². The molecule has 0 bridgehead atoms. The molecule has 1 aromatic carbocycles. The Kier molecular flexibility index (Phi) is 4.31. The molecule has 2 nitrogen and oxygen atoms in total. The van der Waals surface area contributed by atoms with Gasteiger partial charge in [-0.1, -0.05) is 44.2 Å². The number of hydrogen-bond acceptors (Lipinski definition) is 2. The van der Waals surface area contributed by atoms with E-state index in [1.165, 1.54) is 11.1 Å². The lowest BCUT2D eigenvalue weighted by molar-refractivity contribution is 0.169. The first-order valence-electron chi connectivity index (χ1n) is 7.53. The van der Waals surface area contributed by atoms with Crippen molar-refractivity contribution in [1.82, 2.24) is 4.72 Å². The van der Waals surface area contributed by atoms with Gasteiger partial charge in [0.2, 0.25) is 0 Å². The largest absolute Gasteiger partial charge is 0.598 e. The molecule has 1 aromatic rings. The van der Waals surface area contributed by atoms with Gasteiger partial charge in [-0.25, -0.2) is 0 Å². The van der Waals surface area contributed by atoms with E-state index in [0.717, 1.165) is 12.8 Å². The average molecular weight is 305 g/mol. The Morgan fingerprint density at radius 1 is 1.33 bits per heavy atom. The smallest absolute Gasteiger partial charge is 0.136 e. The molecule has 116 valence electrons. The molecule has 0 amide bonds. The van der Waals surface area contributed by atoms with Gasteiger partial charge in [0, 0.05) is 11.4 Å². The van der Waals surface area contributed by atoms with Gasteiger partial charge < -0.3 is 4.55 Å². The zero-order valence-corrected chi connectivity index (χ0v) is 14.6. The van der Waals surface area contributed by atoms with Gasteiger partial charge in [0.25, 0.3) is 0 Å². The van der Waals surface area contributed by atoms with Crippen LogP contribution in [0.15, 0.2) is 36.9 Å². The Balaban J connectivity index is 2.52. The molecular weight excluding hydrogens is 278 g/mol. The average Bonchev–Trinajstić information content (AvgIpc) is 2.57. The molecule has 2 unspecified atom stereocenters.